The highest BCUT2D eigenvalue weighted by Gasteiger charge is 2.24. The molecule has 0 radical (unpaired) electrons. The Morgan fingerprint density at radius 3 is 3.00 bits per heavy atom. The minimum atomic E-state index is 0.113. The third-order valence-corrected chi connectivity index (χ3v) is 4.98. The molecule has 1 aliphatic heterocycles. The maximum absolute atomic E-state index is 12.6. The van der Waals surface area contributed by atoms with Gasteiger partial charge in [0.25, 0.3) is 0 Å². The van der Waals surface area contributed by atoms with Crippen LogP contribution in [0.4, 0.5) is 5.69 Å². The smallest absolute Gasteiger partial charge is 0.229 e. The van der Waals surface area contributed by atoms with E-state index in [2.05, 4.69) is 20.8 Å². The SMILES string of the molecule is CC(C)COCCC(=O)N1CCC(C)Sc2ccc(Cl)cc21. The molecule has 0 saturated heterocycles. The second-order valence-corrected chi connectivity index (χ2v) is 8.01. The molecular weight excluding hydrogens is 318 g/mol. The fourth-order valence-electron chi connectivity index (χ4n) is 2.38. The predicted octanol–water partition coefficient (Wildman–Crippen LogP) is 4.62. The molecule has 0 aromatic heterocycles. The molecule has 122 valence electrons. The van der Waals surface area contributed by atoms with E-state index in [4.69, 9.17) is 16.3 Å². The Kier molecular flexibility index (Phi) is 6.60. The molecule has 1 aromatic carbocycles. The van der Waals surface area contributed by atoms with Crippen molar-refractivity contribution in [3.63, 3.8) is 0 Å². The normalized spacial score (nSPS) is 18.2. The van der Waals surface area contributed by atoms with E-state index in [1.165, 1.54) is 0 Å². The number of thioether (sulfide) groups is 1. The number of rotatable bonds is 5. The van der Waals surface area contributed by atoms with Crippen LogP contribution in [0.15, 0.2) is 23.1 Å². The standard InChI is InChI=1S/C17H24ClNO2S/c1-12(2)11-21-9-7-17(20)19-8-6-13(3)22-16-5-4-14(18)10-15(16)19/h4-5,10,12-13H,6-9,11H2,1-3H3. The summed E-state index contributed by atoms with van der Waals surface area (Å²) in [5.41, 5.74) is 0.940. The number of fused-ring (bicyclic) bond motifs is 1. The Labute approximate surface area is 142 Å². The van der Waals surface area contributed by atoms with Crippen molar-refractivity contribution in [1.82, 2.24) is 0 Å². The highest BCUT2D eigenvalue weighted by Crippen LogP contribution is 2.39. The summed E-state index contributed by atoms with van der Waals surface area (Å²) in [4.78, 5) is 15.6. The molecule has 1 aromatic rings. The molecule has 5 heteroatoms. The van der Waals surface area contributed by atoms with Crippen molar-refractivity contribution in [2.45, 2.75) is 43.8 Å². The van der Waals surface area contributed by atoms with Gasteiger partial charge in [-0.15, -0.1) is 11.8 Å². The van der Waals surface area contributed by atoms with Gasteiger partial charge < -0.3 is 9.64 Å². The van der Waals surface area contributed by atoms with E-state index in [-0.39, 0.29) is 5.91 Å². The van der Waals surface area contributed by atoms with Crippen molar-refractivity contribution in [2.24, 2.45) is 5.92 Å². The molecular formula is C17H24ClNO2S. The fraction of sp³-hybridized carbons (Fsp3) is 0.588. The maximum Gasteiger partial charge on any atom is 0.229 e. The summed E-state index contributed by atoms with van der Waals surface area (Å²) >= 11 is 7.94. The molecule has 0 fully saturated rings. The number of carbonyl (C=O) groups is 1. The van der Waals surface area contributed by atoms with E-state index in [1.807, 2.05) is 34.9 Å². The third-order valence-electron chi connectivity index (χ3n) is 3.51. The van der Waals surface area contributed by atoms with Crippen LogP contribution < -0.4 is 4.90 Å². The van der Waals surface area contributed by atoms with Crippen LogP contribution in [0.25, 0.3) is 0 Å². The zero-order valence-electron chi connectivity index (χ0n) is 13.5. The Bertz CT molecular complexity index is 521. The Morgan fingerprint density at radius 2 is 2.27 bits per heavy atom. The maximum atomic E-state index is 12.6. The van der Waals surface area contributed by atoms with Gasteiger partial charge in [-0.05, 0) is 30.5 Å². The van der Waals surface area contributed by atoms with Gasteiger partial charge in [-0.25, -0.2) is 0 Å². The summed E-state index contributed by atoms with van der Waals surface area (Å²) in [5, 5.41) is 1.16. The summed E-state index contributed by atoms with van der Waals surface area (Å²) < 4.78 is 5.54. The minimum absolute atomic E-state index is 0.113. The van der Waals surface area contributed by atoms with Crippen LogP contribution in [0.2, 0.25) is 5.02 Å². The van der Waals surface area contributed by atoms with Gasteiger partial charge in [0.15, 0.2) is 0 Å². The average molecular weight is 342 g/mol. The van der Waals surface area contributed by atoms with E-state index >= 15 is 0 Å². The van der Waals surface area contributed by atoms with Crippen molar-refractivity contribution < 1.29 is 9.53 Å². The number of benzene rings is 1. The summed E-state index contributed by atoms with van der Waals surface area (Å²) in [6.07, 6.45) is 1.40. The van der Waals surface area contributed by atoms with Crippen LogP contribution >= 0.6 is 23.4 Å². The number of hydrogen-bond donors (Lipinski definition) is 0. The van der Waals surface area contributed by atoms with Crippen LogP contribution in [0.3, 0.4) is 0 Å². The number of nitrogens with zero attached hydrogens (tertiary/aromatic N) is 1. The van der Waals surface area contributed by atoms with Crippen LogP contribution in [0, 0.1) is 5.92 Å². The quantitative estimate of drug-likeness (QED) is 0.732. The molecule has 0 bridgehead atoms. The summed E-state index contributed by atoms with van der Waals surface area (Å²) in [6.45, 7) is 8.32. The lowest BCUT2D eigenvalue weighted by Gasteiger charge is -2.23. The van der Waals surface area contributed by atoms with E-state index < -0.39 is 0 Å². The number of carbonyl (C=O) groups excluding carboxylic acids is 1. The first-order valence-electron chi connectivity index (χ1n) is 7.81. The zero-order chi connectivity index (χ0) is 16.1. The lowest BCUT2D eigenvalue weighted by molar-refractivity contribution is -0.119. The lowest BCUT2D eigenvalue weighted by atomic mass is 10.2. The van der Waals surface area contributed by atoms with Gasteiger partial charge in [-0.3, -0.25) is 4.79 Å². The van der Waals surface area contributed by atoms with Crippen LogP contribution in [-0.2, 0) is 9.53 Å². The van der Waals surface area contributed by atoms with Gasteiger partial charge in [0, 0.05) is 28.3 Å². The molecule has 0 aliphatic carbocycles. The second kappa shape index (κ2) is 8.23. The molecule has 1 amide bonds. The van der Waals surface area contributed by atoms with Gasteiger partial charge in [0.2, 0.25) is 5.91 Å². The molecule has 1 aliphatic rings. The van der Waals surface area contributed by atoms with E-state index in [0.29, 0.717) is 35.8 Å². The molecule has 2 rings (SSSR count). The molecule has 3 nitrogen and oxygen atoms in total. The van der Waals surface area contributed by atoms with Crippen molar-refractivity contribution in [3.05, 3.63) is 23.2 Å². The summed E-state index contributed by atoms with van der Waals surface area (Å²) in [5.74, 6) is 0.604. The first-order valence-corrected chi connectivity index (χ1v) is 9.07. The Balaban J connectivity index is 2.06. The monoisotopic (exact) mass is 341 g/mol. The van der Waals surface area contributed by atoms with Crippen LogP contribution in [0.1, 0.15) is 33.6 Å². The molecule has 1 unspecified atom stereocenters. The number of halogens is 1. The van der Waals surface area contributed by atoms with Gasteiger partial charge in [-0.1, -0.05) is 32.4 Å². The zero-order valence-corrected chi connectivity index (χ0v) is 15.0. The molecule has 22 heavy (non-hydrogen) atoms. The topological polar surface area (TPSA) is 29.5 Å². The summed E-state index contributed by atoms with van der Waals surface area (Å²) in [7, 11) is 0. The van der Waals surface area contributed by atoms with Crippen LogP contribution in [-0.4, -0.2) is 30.9 Å². The Morgan fingerprint density at radius 1 is 1.50 bits per heavy atom. The fourth-order valence-corrected chi connectivity index (χ4v) is 3.64. The van der Waals surface area contributed by atoms with Crippen molar-refractivity contribution >= 4 is 35.0 Å². The minimum Gasteiger partial charge on any atom is -0.381 e. The molecule has 1 atom stereocenters. The third kappa shape index (κ3) is 4.90. The average Bonchev–Trinajstić information content (AvgIpc) is 2.61. The largest absolute Gasteiger partial charge is 0.381 e. The van der Waals surface area contributed by atoms with E-state index in [1.54, 1.807) is 0 Å². The number of hydrogen-bond acceptors (Lipinski definition) is 3. The first kappa shape index (κ1) is 17.6. The van der Waals surface area contributed by atoms with Gasteiger partial charge in [0.05, 0.1) is 18.7 Å². The van der Waals surface area contributed by atoms with Crippen molar-refractivity contribution in [2.75, 3.05) is 24.7 Å². The molecule has 1 heterocycles. The summed E-state index contributed by atoms with van der Waals surface area (Å²) in [6, 6.07) is 5.80. The van der Waals surface area contributed by atoms with Crippen molar-refractivity contribution in [3.8, 4) is 0 Å². The molecule has 0 saturated carbocycles. The Hall–Kier alpha value is -0.710. The number of ether oxygens (including phenoxy) is 1. The highest BCUT2D eigenvalue weighted by molar-refractivity contribution is 8.00. The van der Waals surface area contributed by atoms with Gasteiger partial charge in [-0.2, -0.15) is 0 Å². The van der Waals surface area contributed by atoms with E-state index in [9.17, 15) is 4.79 Å². The molecule has 0 N–H and O–H groups in total. The number of anilines is 1. The van der Waals surface area contributed by atoms with Crippen LogP contribution in [0.5, 0.6) is 0 Å². The predicted molar refractivity (Wildman–Crippen MR) is 94.0 cm³/mol. The second-order valence-electron chi connectivity index (χ2n) is 6.09. The number of amides is 1. The van der Waals surface area contributed by atoms with Gasteiger partial charge >= 0.3 is 0 Å². The highest BCUT2D eigenvalue weighted by atomic mass is 35.5. The van der Waals surface area contributed by atoms with Crippen molar-refractivity contribution in [1.29, 1.82) is 0 Å². The lowest BCUT2D eigenvalue weighted by Crippen LogP contribution is -2.33. The molecule has 0 spiro atoms. The first-order chi connectivity index (χ1) is 10.5. The van der Waals surface area contributed by atoms with E-state index in [0.717, 1.165) is 23.5 Å². The van der Waals surface area contributed by atoms with Gasteiger partial charge in [0.1, 0.15) is 0 Å².